The van der Waals surface area contributed by atoms with Gasteiger partial charge in [0.05, 0.1) is 5.41 Å². The van der Waals surface area contributed by atoms with Crippen LogP contribution < -0.4 is 11.1 Å². The van der Waals surface area contributed by atoms with Crippen LogP contribution in [0.25, 0.3) is 0 Å². The molecule has 2 heterocycles. The monoisotopic (exact) mass is 335 g/mol. The Morgan fingerprint density at radius 3 is 2.00 bits per heavy atom. The normalized spacial score (nSPS) is 31.8. The SMILES string of the molecule is NCC1(C(=O)N2CCN(C(=O)N3CCNCC3)CC2)CC12CCC2. The summed E-state index contributed by atoms with van der Waals surface area (Å²) in [5.41, 5.74) is 5.96. The maximum absolute atomic E-state index is 13.0. The Bertz CT molecular complexity index is 521. The molecule has 3 amide bonds. The number of nitrogens with zero attached hydrogens (tertiary/aromatic N) is 3. The van der Waals surface area contributed by atoms with Crippen molar-refractivity contribution in [2.45, 2.75) is 25.7 Å². The number of nitrogens with one attached hydrogen (secondary N) is 1. The molecule has 0 aromatic rings. The number of nitrogens with two attached hydrogens (primary N) is 1. The Labute approximate surface area is 143 Å². The van der Waals surface area contributed by atoms with E-state index < -0.39 is 0 Å². The first-order valence-corrected chi connectivity index (χ1v) is 9.36. The Morgan fingerprint density at radius 1 is 0.917 bits per heavy atom. The summed E-state index contributed by atoms with van der Waals surface area (Å²) in [6, 6.07) is 0.124. The van der Waals surface area contributed by atoms with E-state index in [0.29, 0.717) is 32.7 Å². The summed E-state index contributed by atoms with van der Waals surface area (Å²) in [5, 5.41) is 3.27. The van der Waals surface area contributed by atoms with Crippen LogP contribution in [0.15, 0.2) is 0 Å². The van der Waals surface area contributed by atoms with Crippen molar-refractivity contribution in [2.75, 3.05) is 58.9 Å². The van der Waals surface area contributed by atoms with Gasteiger partial charge in [0.1, 0.15) is 0 Å². The number of carbonyl (C=O) groups is 2. The Hall–Kier alpha value is -1.34. The van der Waals surface area contributed by atoms with Gasteiger partial charge in [0.2, 0.25) is 5.91 Å². The largest absolute Gasteiger partial charge is 0.339 e. The minimum Gasteiger partial charge on any atom is -0.339 e. The van der Waals surface area contributed by atoms with Crippen molar-refractivity contribution in [3.63, 3.8) is 0 Å². The Morgan fingerprint density at radius 2 is 1.50 bits per heavy atom. The van der Waals surface area contributed by atoms with Crippen LogP contribution >= 0.6 is 0 Å². The number of carbonyl (C=O) groups excluding carboxylic acids is 2. The lowest BCUT2D eigenvalue weighted by atomic mass is 9.74. The van der Waals surface area contributed by atoms with Gasteiger partial charge in [-0.3, -0.25) is 4.79 Å². The van der Waals surface area contributed by atoms with Crippen LogP contribution in [0, 0.1) is 10.8 Å². The van der Waals surface area contributed by atoms with Crippen LogP contribution in [0.5, 0.6) is 0 Å². The molecule has 0 bridgehead atoms. The van der Waals surface area contributed by atoms with E-state index in [1.54, 1.807) is 0 Å². The number of rotatable bonds is 2. The molecule has 4 fully saturated rings. The molecule has 0 radical (unpaired) electrons. The first-order valence-electron chi connectivity index (χ1n) is 9.36. The molecule has 1 atom stereocenters. The minimum absolute atomic E-state index is 0.124. The smallest absolute Gasteiger partial charge is 0.320 e. The van der Waals surface area contributed by atoms with E-state index in [1.807, 2.05) is 14.7 Å². The van der Waals surface area contributed by atoms with Crippen LogP contribution in [0.3, 0.4) is 0 Å². The first-order chi connectivity index (χ1) is 11.6. The molecular weight excluding hydrogens is 306 g/mol. The van der Waals surface area contributed by atoms with Crippen molar-refractivity contribution in [3.05, 3.63) is 0 Å². The van der Waals surface area contributed by atoms with Gasteiger partial charge in [0, 0.05) is 58.9 Å². The predicted octanol–water partition coefficient (Wildman–Crippen LogP) is -0.325. The van der Waals surface area contributed by atoms with Gasteiger partial charge >= 0.3 is 6.03 Å². The van der Waals surface area contributed by atoms with E-state index >= 15 is 0 Å². The van der Waals surface area contributed by atoms with Gasteiger partial charge in [0.25, 0.3) is 0 Å². The third-order valence-electron chi connectivity index (χ3n) is 6.82. The Kier molecular flexibility index (Phi) is 3.95. The molecule has 4 aliphatic rings. The third-order valence-corrected chi connectivity index (χ3v) is 6.82. The molecule has 7 heteroatoms. The highest BCUT2D eigenvalue weighted by Crippen LogP contribution is 2.74. The molecule has 2 saturated carbocycles. The zero-order chi connectivity index (χ0) is 16.8. The van der Waals surface area contributed by atoms with Gasteiger partial charge in [-0.05, 0) is 24.7 Å². The van der Waals surface area contributed by atoms with Crippen molar-refractivity contribution in [3.8, 4) is 0 Å². The van der Waals surface area contributed by atoms with E-state index in [0.717, 1.165) is 45.4 Å². The average molecular weight is 335 g/mol. The molecule has 0 aromatic carbocycles. The molecule has 7 nitrogen and oxygen atoms in total. The molecule has 2 aliphatic carbocycles. The first kappa shape index (κ1) is 16.1. The number of hydrogen-bond acceptors (Lipinski definition) is 4. The van der Waals surface area contributed by atoms with Gasteiger partial charge < -0.3 is 25.8 Å². The summed E-state index contributed by atoms with van der Waals surface area (Å²) < 4.78 is 0. The molecule has 3 N–H and O–H groups in total. The second-order valence-corrected chi connectivity index (χ2v) is 7.90. The summed E-state index contributed by atoms with van der Waals surface area (Å²) in [4.78, 5) is 31.4. The highest BCUT2D eigenvalue weighted by atomic mass is 16.2. The van der Waals surface area contributed by atoms with Gasteiger partial charge in [-0.15, -0.1) is 0 Å². The molecule has 1 spiro atoms. The number of amides is 3. The lowest BCUT2D eigenvalue weighted by molar-refractivity contribution is -0.140. The van der Waals surface area contributed by atoms with Gasteiger partial charge in [-0.1, -0.05) is 6.42 Å². The zero-order valence-electron chi connectivity index (χ0n) is 14.4. The highest BCUT2D eigenvalue weighted by molar-refractivity contribution is 5.88. The average Bonchev–Trinajstić information content (AvgIpc) is 3.33. The van der Waals surface area contributed by atoms with Gasteiger partial charge in [-0.25, -0.2) is 4.79 Å². The summed E-state index contributed by atoms with van der Waals surface area (Å²) >= 11 is 0. The fraction of sp³-hybridized carbons (Fsp3) is 0.882. The highest BCUT2D eigenvalue weighted by Gasteiger charge is 2.73. The number of piperazine rings is 2. The third kappa shape index (κ3) is 2.32. The molecular formula is C17H29N5O2. The fourth-order valence-corrected chi connectivity index (χ4v) is 4.93. The van der Waals surface area contributed by atoms with E-state index in [-0.39, 0.29) is 22.8 Å². The summed E-state index contributed by atoms with van der Waals surface area (Å²) in [6.45, 7) is 6.34. The number of hydrogen-bond donors (Lipinski definition) is 2. The topological polar surface area (TPSA) is 81.9 Å². The zero-order valence-corrected chi connectivity index (χ0v) is 14.4. The number of urea groups is 1. The molecule has 0 aromatic heterocycles. The minimum atomic E-state index is -0.282. The Balaban J connectivity index is 1.33. The molecule has 4 rings (SSSR count). The summed E-state index contributed by atoms with van der Waals surface area (Å²) in [7, 11) is 0. The molecule has 24 heavy (non-hydrogen) atoms. The van der Waals surface area contributed by atoms with Crippen molar-refractivity contribution in [1.29, 1.82) is 0 Å². The van der Waals surface area contributed by atoms with E-state index in [4.69, 9.17) is 5.73 Å². The standard InChI is InChI=1S/C17H29N5O2/c18-13-17(12-16(17)2-1-3-16)14(23)20-8-10-22(11-9-20)15(24)21-6-4-19-5-7-21/h19H,1-13,18H2. The second kappa shape index (κ2) is 5.88. The molecule has 1 unspecified atom stereocenters. The van der Waals surface area contributed by atoms with Crippen molar-refractivity contribution in [2.24, 2.45) is 16.6 Å². The molecule has 2 aliphatic heterocycles. The van der Waals surface area contributed by atoms with Crippen LogP contribution in [-0.4, -0.2) is 85.5 Å². The maximum Gasteiger partial charge on any atom is 0.320 e. The van der Waals surface area contributed by atoms with Crippen molar-refractivity contribution < 1.29 is 9.59 Å². The lowest BCUT2D eigenvalue weighted by Crippen LogP contribution is -2.58. The lowest BCUT2D eigenvalue weighted by Gasteiger charge is -2.41. The van der Waals surface area contributed by atoms with Crippen LogP contribution in [-0.2, 0) is 4.79 Å². The van der Waals surface area contributed by atoms with Gasteiger partial charge in [-0.2, -0.15) is 0 Å². The summed E-state index contributed by atoms with van der Waals surface area (Å²) in [5.74, 6) is 0.249. The van der Waals surface area contributed by atoms with Crippen LogP contribution in [0.1, 0.15) is 25.7 Å². The maximum atomic E-state index is 13.0. The molecule has 134 valence electrons. The van der Waals surface area contributed by atoms with E-state index in [1.165, 1.54) is 6.42 Å². The second-order valence-electron chi connectivity index (χ2n) is 7.90. The summed E-state index contributed by atoms with van der Waals surface area (Å²) in [6.07, 6.45) is 4.55. The van der Waals surface area contributed by atoms with Crippen LogP contribution in [0.4, 0.5) is 4.79 Å². The van der Waals surface area contributed by atoms with Crippen molar-refractivity contribution >= 4 is 11.9 Å². The van der Waals surface area contributed by atoms with Crippen LogP contribution in [0.2, 0.25) is 0 Å². The quantitative estimate of drug-likeness (QED) is 0.724. The van der Waals surface area contributed by atoms with E-state index in [2.05, 4.69) is 5.32 Å². The van der Waals surface area contributed by atoms with Gasteiger partial charge in [0.15, 0.2) is 0 Å². The van der Waals surface area contributed by atoms with Crippen molar-refractivity contribution in [1.82, 2.24) is 20.0 Å². The predicted molar refractivity (Wildman–Crippen MR) is 90.4 cm³/mol. The van der Waals surface area contributed by atoms with E-state index in [9.17, 15) is 9.59 Å². The fourth-order valence-electron chi connectivity index (χ4n) is 4.93. The molecule has 2 saturated heterocycles.